The number of para-hydroxylation sites is 4. The quantitative estimate of drug-likeness (QED) is 0.184. The summed E-state index contributed by atoms with van der Waals surface area (Å²) in [6.45, 7) is 6.99. The highest BCUT2D eigenvalue weighted by molar-refractivity contribution is 6.11. The number of hydrogen-bond acceptors (Lipinski definition) is 0. The van der Waals surface area contributed by atoms with E-state index in [0.717, 1.165) is 0 Å². The summed E-state index contributed by atoms with van der Waals surface area (Å²) in [6, 6.07) is 58.7. The SMILES string of the molecule is CC(C)(C)c1cccc2c3ccccc3n(-c3cc(C4c5ccccc5-c5ccccc54)cc(-n4c5ccccc5c5ccccc54)c3)c12. The summed E-state index contributed by atoms with van der Waals surface area (Å²) in [6.07, 6.45) is 0. The van der Waals surface area contributed by atoms with Gasteiger partial charge >= 0.3 is 0 Å². The molecule has 0 radical (unpaired) electrons. The Morgan fingerprint density at radius 3 is 1.45 bits per heavy atom. The van der Waals surface area contributed by atoms with Crippen molar-refractivity contribution < 1.29 is 0 Å². The van der Waals surface area contributed by atoms with Crippen LogP contribution in [0.1, 0.15) is 48.9 Å². The molecule has 0 aliphatic heterocycles. The van der Waals surface area contributed by atoms with Crippen LogP contribution in [0.25, 0.3) is 66.1 Å². The largest absolute Gasteiger partial charge is 0.309 e. The van der Waals surface area contributed by atoms with Gasteiger partial charge in [-0.2, -0.15) is 0 Å². The Balaban J connectivity index is 1.36. The third-order valence-electron chi connectivity index (χ3n) is 10.7. The van der Waals surface area contributed by atoms with Crippen molar-refractivity contribution in [2.24, 2.45) is 0 Å². The van der Waals surface area contributed by atoms with Crippen LogP contribution in [0.5, 0.6) is 0 Å². The molecular formula is C47H36N2. The molecule has 1 aliphatic carbocycles. The summed E-state index contributed by atoms with van der Waals surface area (Å²) < 4.78 is 5.02. The standard InChI is InChI=1S/C47H36N2/c1-47(2,3)41-23-14-22-40-37-19-10-13-26-44(37)49(46(40)41)32-28-30(45-38-20-6-4-15-33(38)34-16-5-7-21-39(34)45)27-31(29-32)48-42-24-11-8-17-35(42)36-18-9-12-25-43(36)48/h4-29,45H,1-3H3. The van der Waals surface area contributed by atoms with E-state index in [4.69, 9.17) is 0 Å². The van der Waals surface area contributed by atoms with Crippen LogP contribution < -0.4 is 0 Å². The van der Waals surface area contributed by atoms with Crippen LogP contribution in [0.15, 0.2) is 158 Å². The lowest BCUT2D eigenvalue weighted by atomic mass is 9.85. The first-order valence-electron chi connectivity index (χ1n) is 17.3. The van der Waals surface area contributed by atoms with Crippen molar-refractivity contribution in [1.29, 1.82) is 0 Å². The summed E-state index contributed by atoms with van der Waals surface area (Å²) in [7, 11) is 0. The van der Waals surface area contributed by atoms with Crippen LogP contribution in [0.3, 0.4) is 0 Å². The molecule has 7 aromatic carbocycles. The maximum absolute atomic E-state index is 2.54. The van der Waals surface area contributed by atoms with Crippen molar-refractivity contribution in [2.75, 3.05) is 0 Å². The minimum absolute atomic E-state index is 0.0394. The van der Waals surface area contributed by atoms with Gasteiger partial charge in [-0.1, -0.05) is 142 Å². The van der Waals surface area contributed by atoms with Gasteiger partial charge in [-0.3, -0.25) is 0 Å². The zero-order chi connectivity index (χ0) is 32.9. The third kappa shape index (κ3) is 4.07. The molecule has 2 aromatic heterocycles. The van der Waals surface area contributed by atoms with E-state index >= 15 is 0 Å². The lowest BCUT2D eigenvalue weighted by Crippen LogP contribution is -2.13. The maximum atomic E-state index is 2.54. The molecule has 2 nitrogen and oxygen atoms in total. The number of hydrogen-bond donors (Lipinski definition) is 0. The van der Waals surface area contributed by atoms with E-state index in [0.29, 0.717) is 0 Å². The van der Waals surface area contributed by atoms with Gasteiger partial charge in [-0.15, -0.1) is 0 Å². The molecule has 0 bridgehead atoms. The molecule has 2 heteroatoms. The summed E-state index contributed by atoms with van der Waals surface area (Å²) in [5, 5.41) is 5.12. The smallest absolute Gasteiger partial charge is 0.0578 e. The molecule has 1 aliphatic rings. The average Bonchev–Trinajstić information content (AvgIpc) is 3.77. The highest BCUT2D eigenvalue weighted by Crippen LogP contribution is 2.49. The third-order valence-corrected chi connectivity index (χ3v) is 10.7. The van der Waals surface area contributed by atoms with Crippen LogP contribution in [-0.4, -0.2) is 9.13 Å². The predicted molar refractivity (Wildman–Crippen MR) is 207 cm³/mol. The summed E-state index contributed by atoms with van der Waals surface area (Å²) in [5.74, 6) is 0.120. The fourth-order valence-corrected chi connectivity index (χ4v) is 8.65. The van der Waals surface area contributed by atoms with Gasteiger partial charge < -0.3 is 9.13 Å². The molecule has 49 heavy (non-hydrogen) atoms. The monoisotopic (exact) mass is 628 g/mol. The van der Waals surface area contributed by atoms with Gasteiger partial charge in [0.25, 0.3) is 0 Å². The maximum Gasteiger partial charge on any atom is 0.0578 e. The zero-order valence-corrected chi connectivity index (χ0v) is 28.0. The van der Waals surface area contributed by atoms with E-state index in [1.54, 1.807) is 0 Å². The van der Waals surface area contributed by atoms with E-state index in [1.807, 2.05) is 0 Å². The number of rotatable bonds is 3. The van der Waals surface area contributed by atoms with Gasteiger partial charge in [0.05, 0.1) is 22.1 Å². The van der Waals surface area contributed by atoms with Gasteiger partial charge in [-0.05, 0) is 75.2 Å². The Morgan fingerprint density at radius 1 is 0.429 bits per heavy atom. The molecule has 10 rings (SSSR count). The molecule has 0 N–H and O–H groups in total. The second-order valence-electron chi connectivity index (χ2n) is 14.6. The predicted octanol–water partition coefficient (Wildman–Crippen LogP) is 12.3. The molecule has 234 valence electrons. The lowest BCUT2D eigenvalue weighted by molar-refractivity contribution is 0.594. The Labute approximate surface area is 286 Å². The van der Waals surface area contributed by atoms with Crippen LogP contribution in [0.4, 0.5) is 0 Å². The average molecular weight is 629 g/mol. The molecule has 0 saturated heterocycles. The van der Waals surface area contributed by atoms with E-state index in [-0.39, 0.29) is 11.3 Å². The minimum atomic E-state index is -0.0394. The molecule has 2 heterocycles. The number of fused-ring (bicyclic) bond motifs is 9. The number of benzene rings is 7. The lowest BCUT2D eigenvalue weighted by Gasteiger charge is -2.23. The highest BCUT2D eigenvalue weighted by Gasteiger charge is 2.31. The highest BCUT2D eigenvalue weighted by atomic mass is 15.0. The minimum Gasteiger partial charge on any atom is -0.309 e. The number of aromatic nitrogens is 2. The Kier molecular flexibility index (Phi) is 5.93. The number of nitrogens with zero attached hydrogens (tertiary/aromatic N) is 2. The fourth-order valence-electron chi connectivity index (χ4n) is 8.65. The molecule has 0 saturated carbocycles. The molecular weight excluding hydrogens is 593 g/mol. The van der Waals surface area contributed by atoms with E-state index in [9.17, 15) is 0 Å². The topological polar surface area (TPSA) is 9.86 Å². The van der Waals surface area contributed by atoms with Crippen LogP contribution in [0.2, 0.25) is 0 Å². The summed E-state index contributed by atoms with van der Waals surface area (Å²) in [5.41, 5.74) is 15.3. The van der Waals surface area contributed by atoms with Gasteiger partial charge in [0.15, 0.2) is 0 Å². The van der Waals surface area contributed by atoms with Gasteiger partial charge in [0.1, 0.15) is 0 Å². The molecule has 9 aromatic rings. The van der Waals surface area contributed by atoms with Crippen molar-refractivity contribution in [3.05, 3.63) is 180 Å². The van der Waals surface area contributed by atoms with Crippen LogP contribution >= 0.6 is 0 Å². The molecule has 0 amide bonds. The van der Waals surface area contributed by atoms with Crippen LogP contribution in [0, 0.1) is 0 Å². The Bertz CT molecular complexity index is 2670. The molecule has 0 spiro atoms. The van der Waals surface area contributed by atoms with E-state index in [1.165, 1.54) is 88.4 Å². The normalized spacial score (nSPS) is 13.1. The second kappa shape index (κ2) is 10.3. The first-order valence-corrected chi connectivity index (χ1v) is 17.3. The van der Waals surface area contributed by atoms with Gasteiger partial charge in [0, 0.05) is 38.8 Å². The molecule has 0 fully saturated rings. The fraction of sp³-hybridized carbons (Fsp3) is 0.106. The second-order valence-corrected chi connectivity index (χ2v) is 14.6. The zero-order valence-electron chi connectivity index (χ0n) is 28.0. The van der Waals surface area contributed by atoms with Gasteiger partial charge in [-0.25, -0.2) is 0 Å². The van der Waals surface area contributed by atoms with Crippen molar-refractivity contribution >= 4 is 43.6 Å². The first kappa shape index (κ1) is 28.2. The van der Waals surface area contributed by atoms with Crippen molar-refractivity contribution in [1.82, 2.24) is 9.13 Å². The Morgan fingerprint density at radius 2 is 0.878 bits per heavy atom. The molecule has 0 atom stereocenters. The van der Waals surface area contributed by atoms with E-state index < -0.39 is 0 Å². The first-order chi connectivity index (χ1) is 24.0. The van der Waals surface area contributed by atoms with Crippen LogP contribution in [-0.2, 0) is 5.41 Å². The van der Waals surface area contributed by atoms with Crippen molar-refractivity contribution in [2.45, 2.75) is 32.1 Å². The van der Waals surface area contributed by atoms with Crippen molar-refractivity contribution in [3.63, 3.8) is 0 Å². The van der Waals surface area contributed by atoms with E-state index in [2.05, 4.69) is 188 Å². The summed E-state index contributed by atoms with van der Waals surface area (Å²) >= 11 is 0. The van der Waals surface area contributed by atoms with Crippen molar-refractivity contribution in [3.8, 4) is 22.5 Å². The summed E-state index contributed by atoms with van der Waals surface area (Å²) in [4.78, 5) is 0. The molecule has 0 unspecified atom stereocenters. The Hall–Kier alpha value is -5.86. The van der Waals surface area contributed by atoms with Gasteiger partial charge in [0.2, 0.25) is 0 Å².